The highest BCUT2D eigenvalue weighted by Gasteiger charge is 2.17. The summed E-state index contributed by atoms with van der Waals surface area (Å²) in [6, 6.07) is 5.81. The van der Waals surface area contributed by atoms with Crippen molar-refractivity contribution in [2.75, 3.05) is 7.11 Å². The van der Waals surface area contributed by atoms with Gasteiger partial charge in [-0.2, -0.15) is 0 Å². The molecular weight excluding hydrogens is 214 g/mol. The second-order valence-electron chi connectivity index (χ2n) is 4.56. The molecule has 2 aromatic rings. The average molecular weight is 231 g/mol. The Hall–Kier alpha value is -1.77. The minimum Gasteiger partial charge on any atom is -0.497 e. The van der Waals surface area contributed by atoms with Gasteiger partial charge in [-0.3, -0.25) is 4.79 Å². The Balaban J connectivity index is 2.67. The van der Waals surface area contributed by atoms with Crippen LogP contribution < -0.4 is 4.74 Å². The maximum atomic E-state index is 12.1. The summed E-state index contributed by atoms with van der Waals surface area (Å²) in [5, 5.41) is 0.963. The van der Waals surface area contributed by atoms with Gasteiger partial charge in [0.15, 0.2) is 5.78 Å². The summed E-state index contributed by atoms with van der Waals surface area (Å²) in [7, 11) is 3.58. The Bertz CT molecular complexity index is 567. The van der Waals surface area contributed by atoms with Crippen molar-refractivity contribution in [2.45, 2.75) is 13.8 Å². The van der Waals surface area contributed by atoms with Gasteiger partial charge in [0, 0.05) is 35.6 Å². The minimum absolute atomic E-state index is 0.00630. The highest BCUT2D eigenvalue weighted by Crippen LogP contribution is 2.27. The molecule has 3 nitrogen and oxygen atoms in total. The third kappa shape index (κ3) is 1.93. The summed E-state index contributed by atoms with van der Waals surface area (Å²) in [5.74, 6) is 0.956. The van der Waals surface area contributed by atoms with Gasteiger partial charge in [-0.05, 0) is 18.2 Å². The molecule has 3 heteroatoms. The predicted molar refractivity (Wildman–Crippen MR) is 68.6 cm³/mol. The van der Waals surface area contributed by atoms with Crippen LogP contribution in [0.15, 0.2) is 24.4 Å². The van der Waals surface area contributed by atoms with Crippen LogP contribution in [-0.2, 0) is 7.05 Å². The third-order valence-corrected chi connectivity index (χ3v) is 2.99. The molecule has 0 bridgehead atoms. The number of ketones is 1. The predicted octanol–water partition coefficient (Wildman–Crippen LogP) is 3.03. The fourth-order valence-electron chi connectivity index (χ4n) is 2.01. The van der Waals surface area contributed by atoms with E-state index in [0.29, 0.717) is 0 Å². The third-order valence-electron chi connectivity index (χ3n) is 2.99. The molecule has 0 saturated carbocycles. The molecule has 0 aliphatic rings. The number of nitrogens with zero attached hydrogens (tertiary/aromatic N) is 1. The highest BCUT2D eigenvalue weighted by atomic mass is 16.5. The van der Waals surface area contributed by atoms with Crippen molar-refractivity contribution in [1.29, 1.82) is 0 Å². The number of methoxy groups -OCH3 is 1. The van der Waals surface area contributed by atoms with Gasteiger partial charge >= 0.3 is 0 Å². The molecule has 17 heavy (non-hydrogen) atoms. The van der Waals surface area contributed by atoms with Crippen LogP contribution in [0.3, 0.4) is 0 Å². The number of hydrogen-bond donors (Lipinski definition) is 0. The van der Waals surface area contributed by atoms with E-state index < -0.39 is 0 Å². The zero-order chi connectivity index (χ0) is 12.6. The van der Waals surface area contributed by atoms with Crippen molar-refractivity contribution in [1.82, 2.24) is 4.57 Å². The Morgan fingerprint density at radius 3 is 2.65 bits per heavy atom. The minimum atomic E-state index is 0.00630. The lowest BCUT2D eigenvalue weighted by molar-refractivity contribution is 0.0941. The number of hydrogen-bond acceptors (Lipinski definition) is 2. The topological polar surface area (TPSA) is 31.2 Å². The lowest BCUT2D eigenvalue weighted by atomic mass is 10.0. The maximum absolute atomic E-state index is 12.1. The van der Waals surface area contributed by atoms with E-state index in [4.69, 9.17) is 4.74 Å². The van der Waals surface area contributed by atoms with E-state index >= 15 is 0 Å². The van der Waals surface area contributed by atoms with E-state index in [-0.39, 0.29) is 11.7 Å². The first-order valence-corrected chi connectivity index (χ1v) is 5.72. The fourth-order valence-corrected chi connectivity index (χ4v) is 2.01. The lowest BCUT2D eigenvalue weighted by Crippen LogP contribution is -2.06. The Morgan fingerprint density at radius 1 is 1.35 bits per heavy atom. The second kappa shape index (κ2) is 4.24. The zero-order valence-corrected chi connectivity index (χ0v) is 10.7. The summed E-state index contributed by atoms with van der Waals surface area (Å²) in [5.41, 5.74) is 1.83. The van der Waals surface area contributed by atoms with Crippen LogP contribution in [-0.4, -0.2) is 17.5 Å². The van der Waals surface area contributed by atoms with Crippen LogP contribution >= 0.6 is 0 Å². The first-order chi connectivity index (χ1) is 8.04. The van der Waals surface area contributed by atoms with Gasteiger partial charge in [0.2, 0.25) is 0 Å². The van der Waals surface area contributed by atoms with Crippen molar-refractivity contribution in [3.05, 3.63) is 30.0 Å². The van der Waals surface area contributed by atoms with E-state index in [0.717, 1.165) is 22.2 Å². The fraction of sp³-hybridized carbons (Fsp3) is 0.357. The van der Waals surface area contributed by atoms with Crippen molar-refractivity contribution in [3.8, 4) is 5.75 Å². The van der Waals surface area contributed by atoms with Gasteiger partial charge < -0.3 is 9.30 Å². The molecule has 0 aliphatic carbocycles. The number of rotatable bonds is 3. The number of benzene rings is 1. The summed E-state index contributed by atoms with van der Waals surface area (Å²) in [4.78, 5) is 12.1. The summed E-state index contributed by atoms with van der Waals surface area (Å²) in [6.07, 6.45) is 1.90. The number of carbonyl (C=O) groups excluding carboxylic acids is 1. The quantitative estimate of drug-likeness (QED) is 0.760. The van der Waals surface area contributed by atoms with Crippen molar-refractivity contribution in [3.63, 3.8) is 0 Å². The van der Waals surface area contributed by atoms with Crippen LogP contribution in [0, 0.1) is 5.92 Å². The van der Waals surface area contributed by atoms with E-state index in [1.54, 1.807) is 7.11 Å². The molecule has 0 unspecified atom stereocenters. The van der Waals surface area contributed by atoms with Gasteiger partial charge in [-0.1, -0.05) is 13.8 Å². The summed E-state index contributed by atoms with van der Waals surface area (Å²) < 4.78 is 7.18. The SMILES string of the molecule is COc1ccc2c(c1)c(C(=O)C(C)C)cn2C. The van der Waals surface area contributed by atoms with Crippen LogP contribution in [0.2, 0.25) is 0 Å². The highest BCUT2D eigenvalue weighted by molar-refractivity contribution is 6.09. The standard InChI is InChI=1S/C14H17NO2/c1-9(2)14(16)12-8-15(3)13-6-5-10(17-4)7-11(12)13/h5-9H,1-4H3. The smallest absolute Gasteiger partial charge is 0.167 e. The monoisotopic (exact) mass is 231 g/mol. The molecule has 0 saturated heterocycles. The molecule has 1 heterocycles. The van der Waals surface area contributed by atoms with Gasteiger partial charge in [-0.15, -0.1) is 0 Å². The molecule has 0 spiro atoms. The summed E-state index contributed by atoms with van der Waals surface area (Å²) in [6.45, 7) is 3.84. The van der Waals surface area contributed by atoms with E-state index in [2.05, 4.69) is 0 Å². The number of ether oxygens (including phenoxy) is 1. The Kier molecular flexibility index (Phi) is 2.92. The first-order valence-electron chi connectivity index (χ1n) is 5.72. The first kappa shape index (κ1) is 11.7. The van der Waals surface area contributed by atoms with Gasteiger partial charge in [0.05, 0.1) is 7.11 Å². The molecule has 2 rings (SSSR count). The Labute approximate surface area is 101 Å². The van der Waals surface area contributed by atoms with Gasteiger partial charge in [-0.25, -0.2) is 0 Å². The van der Waals surface area contributed by atoms with Crippen LogP contribution in [0.25, 0.3) is 10.9 Å². The van der Waals surface area contributed by atoms with Crippen molar-refractivity contribution in [2.24, 2.45) is 13.0 Å². The number of aromatic nitrogens is 1. The molecule has 0 amide bonds. The molecule has 1 aromatic heterocycles. The van der Waals surface area contributed by atoms with E-state index in [1.807, 2.05) is 49.9 Å². The van der Waals surface area contributed by atoms with Gasteiger partial charge in [0.1, 0.15) is 5.75 Å². The maximum Gasteiger partial charge on any atom is 0.167 e. The molecule has 90 valence electrons. The molecule has 0 atom stereocenters. The zero-order valence-electron chi connectivity index (χ0n) is 10.7. The largest absolute Gasteiger partial charge is 0.497 e. The number of fused-ring (bicyclic) bond motifs is 1. The van der Waals surface area contributed by atoms with E-state index in [1.165, 1.54) is 0 Å². The Morgan fingerprint density at radius 2 is 2.06 bits per heavy atom. The van der Waals surface area contributed by atoms with Crippen LogP contribution in [0.1, 0.15) is 24.2 Å². The molecule has 1 aromatic carbocycles. The molecule has 0 fully saturated rings. The number of aryl methyl sites for hydroxylation is 1. The second-order valence-corrected chi connectivity index (χ2v) is 4.56. The molecular formula is C14H17NO2. The van der Waals surface area contributed by atoms with E-state index in [9.17, 15) is 4.79 Å². The number of Topliss-reactive ketones (excluding diaryl/α,β-unsaturated/α-hetero) is 1. The number of carbonyl (C=O) groups is 1. The molecule has 0 aliphatic heterocycles. The molecule has 0 N–H and O–H groups in total. The lowest BCUT2D eigenvalue weighted by Gasteiger charge is -2.03. The average Bonchev–Trinajstić information content (AvgIpc) is 2.65. The van der Waals surface area contributed by atoms with Crippen molar-refractivity contribution < 1.29 is 9.53 Å². The van der Waals surface area contributed by atoms with Crippen LogP contribution in [0.4, 0.5) is 0 Å². The van der Waals surface area contributed by atoms with Crippen LogP contribution in [0.5, 0.6) is 5.75 Å². The summed E-state index contributed by atoms with van der Waals surface area (Å²) >= 11 is 0. The van der Waals surface area contributed by atoms with Gasteiger partial charge in [0.25, 0.3) is 0 Å². The normalized spacial score (nSPS) is 11.1. The van der Waals surface area contributed by atoms with Crippen molar-refractivity contribution >= 4 is 16.7 Å². The molecule has 0 radical (unpaired) electrons.